The first-order valence-corrected chi connectivity index (χ1v) is 20.5. The molecule has 0 radical (unpaired) electrons. The molecule has 0 saturated carbocycles. The van der Waals surface area contributed by atoms with E-state index in [0.29, 0.717) is 57.8 Å². The monoisotopic (exact) mass is 678 g/mol. The van der Waals surface area contributed by atoms with Gasteiger partial charge in [0.05, 0.1) is 18.2 Å². The molecule has 0 unspecified atom stereocenters. The fourth-order valence-electron chi connectivity index (χ4n) is 4.55. The van der Waals surface area contributed by atoms with Crippen LogP contribution in [-0.4, -0.2) is 48.3 Å². The summed E-state index contributed by atoms with van der Waals surface area (Å²) in [7, 11) is -14.7. The Hall–Kier alpha value is -1.80. The van der Waals surface area contributed by atoms with E-state index in [4.69, 9.17) is 15.8 Å². The highest BCUT2D eigenvalue weighted by Crippen LogP contribution is 2.29. The van der Waals surface area contributed by atoms with E-state index in [-0.39, 0.29) is 19.6 Å². The van der Waals surface area contributed by atoms with Crippen LogP contribution in [0.15, 0.2) is 0 Å². The Labute approximate surface area is 267 Å². The van der Waals surface area contributed by atoms with Crippen molar-refractivity contribution >= 4 is 30.1 Å². The lowest BCUT2D eigenvalue weighted by Gasteiger charge is -2.29. The third-order valence-corrected chi connectivity index (χ3v) is 16.1. The molecule has 12 nitrogen and oxygen atoms in total. The summed E-state index contributed by atoms with van der Waals surface area (Å²) < 4.78 is 84.2. The summed E-state index contributed by atoms with van der Waals surface area (Å²) in [4.78, 5) is 0. The number of nitrogens with one attached hydrogen (secondary N) is 3. The van der Waals surface area contributed by atoms with Crippen LogP contribution in [0.2, 0.25) is 0 Å². The standard InChI is InChI=1S/C29H54N6O6S3/c1-29(42(36,37)33-26-20-14-8-2-5-11-17-23-30,43(38,39)34-27-21-15-9-3-6-12-18-24-31)44(40,41)35-28-22-16-10-4-7-13-19-25-32/h33-35H,2-22,26-28H2,1H3. The highest BCUT2D eigenvalue weighted by Gasteiger charge is 2.61. The van der Waals surface area contributed by atoms with E-state index in [1.54, 1.807) is 0 Å². The smallest absolute Gasteiger partial charge is 0.213 e. The minimum absolute atomic E-state index is 0.0985. The first-order valence-electron chi connectivity index (χ1n) is 16.0. The minimum Gasteiger partial charge on any atom is -0.213 e. The maximum Gasteiger partial charge on any atom is 0.310 e. The van der Waals surface area contributed by atoms with E-state index in [9.17, 15) is 25.3 Å². The lowest BCUT2D eigenvalue weighted by atomic mass is 10.1. The Bertz CT molecular complexity index is 1070. The van der Waals surface area contributed by atoms with Crippen molar-refractivity contribution in [3.63, 3.8) is 0 Å². The normalized spacial score (nSPS) is 12.4. The molecular formula is C29H54N6O6S3. The van der Waals surface area contributed by atoms with Crippen molar-refractivity contribution < 1.29 is 25.3 Å². The van der Waals surface area contributed by atoms with E-state index in [1.165, 1.54) is 0 Å². The van der Waals surface area contributed by atoms with Gasteiger partial charge in [-0.3, -0.25) is 0 Å². The highest BCUT2D eigenvalue weighted by molar-refractivity contribution is 8.24. The van der Waals surface area contributed by atoms with Gasteiger partial charge in [0.25, 0.3) is 0 Å². The van der Waals surface area contributed by atoms with Crippen molar-refractivity contribution in [2.45, 2.75) is 145 Å². The second kappa shape index (κ2) is 24.4. The number of rotatable bonds is 30. The molecule has 0 aliphatic heterocycles. The summed E-state index contributed by atoms with van der Waals surface area (Å²) in [5.41, 5.74) is 0. The largest absolute Gasteiger partial charge is 0.310 e. The van der Waals surface area contributed by atoms with Crippen LogP contribution in [0, 0.1) is 34.0 Å². The molecule has 0 heterocycles. The van der Waals surface area contributed by atoms with Crippen molar-refractivity contribution in [2.75, 3.05) is 19.6 Å². The van der Waals surface area contributed by atoms with Gasteiger partial charge in [-0.1, -0.05) is 77.0 Å². The number of sulfonamides is 3. The molecular weight excluding hydrogens is 625 g/mol. The molecule has 3 N–H and O–H groups in total. The third kappa shape index (κ3) is 16.5. The lowest BCUT2D eigenvalue weighted by molar-refractivity contribution is 0.528. The molecule has 0 bridgehead atoms. The van der Waals surface area contributed by atoms with Crippen molar-refractivity contribution in [3.05, 3.63) is 0 Å². The summed E-state index contributed by atoms with van der Waals surface area (Å²) in [6.07, 6.45) is 15.0. The number of nitrogens with zero attached hydrogens (tertiary/aromatic N) is 3. The first kappa shape index (κ1) is 42.2. The number of hydrogen-bond donors (Lipinski definition) is 3. The van der Waals surface area contributed by atoms with Crippen LogP contribution in [0.4, 0.5) is 0 Å². The van der Waals surface area contributed by atoms with Crippen LogP contribution in [0.1, 0.15) is 142 Å². The number of hydrogen-bond acceptors (Lipinski definition) is 9. The topological polar surface area (TPSA) is 210 Å². The molecule has 0 fully saturated rings. The predicted molar refractivity (Wildman–Crippen MR) is 173 cm³/mol. The zero-order chi connectivity index (χ0) is 33.2. The van der Waals surface area contributed by atoms with Gasteiger partial charge < -0.3 is 0 Å². The van der Waals surface area contributed by atoms with Crippen molar-refractivity contribution in [1.82, 2.24) is 14.2 Å². The van der Waals surface area contributed by atoms with Crippen LogP contribution >= 0.6 is 0 Å². The molecule has 0 amide bonds. The van der Waals surface area contributed by atoms with Crippen LogP contribution in [0.3, 0.4) is 0 Å². The molecule has 0 aromatic carbocycles. The van der Waals surface area contributed by atoms with E-state index in [0.717, 1.165) is 84.0 Å². The van der Waals surface area contributed by atoms with Gasteiger partial charge in [0.1, 0.15) is 0 Å². The van der Waals surface area contributed by atoms with Crippen LogP contribution in [0.25, 0.3) is 0 Å². The van der Waals surface area contributed by atoms with Gasteiger partial charge >= 0.3 is 3.41 Å². The summed E-state index contributed by atoms with van der Waals surface area (Å²) in [6, 6.07) is 6.27. The maximum absolute atomic E-state index is 13.4. The van der Waals surface area contributed by atoms with E-state index in [1.807, 2.05) is 0 Å². The number of unbranched alkanes of at least 4 members (excludes halogenated alkanes) is 18. The number of nitriles is 3. The molecule has 254 valence electrons. The summed E-state index contributed by atoms with van der Waals surface area (Å²) in [5, 5.41) is 25.8. The van der Waals surface area contributed by atoms with Crippen molar-refractivity contribution in [3.8, 4) is 18.2 Å². The molecule has 0 rings (SSSR count). The van der Waals surface area contributed by atoms with E-state index >= 15 is 0 Å². The van der Waals surface area contributed by atoms with Crippen molar-refractivity contribution in [1.29, 1.82) is 15.8 Å². The molecule has 0 aromatic rings. The Morgan fingerprint density at radius 2 is 0.614 bits per heavy atom. The Morgan fingerprint density at radius 1 is 0.409 bits per heavy atom. The quantitative estimate of drug-likeness (QED) is 0.0853. The van der Waals surface area contributed by atoms with Crippen LogP contribution in [-0.2, 0) is 30.1 Å². The molecule has 0 spiro atoms. The Morgan fingerprint density at radius 3 is 0.841 bits per heavy atom. The van der Waals surface area contributed by atoms with Gasteiger partial charge in [-0.15, -0.1) is 0 Å². The van der Waals surface area contributed by atoms with Gasteiger partial charge in [-0.05, 0) is 45.4 Å². The van der Waals surface area contributed by atoms with Gasteiger partial charge in [-0.2, -0.15) is 15.8 Å². The SMILES string of the molecule is CC(S(=O)(=O)NCCCCCCCCC#N)(S(=O)(=O)NCCCCCCCCC#N)S(=O)(=O)NCCCCCCCCC#N. The maximum atomic E-state index is 13.4. The second-order valence-corrected chi connectivity index (χ2v) is 18.3. The van der Waals surface area contributed by atoms with Crippen LogP contribution in [0.5, 0.6) is 0 Å². The molecule has 15 heteroatoms. The zero-order valence-corrected chi connectivity index (χ0v) is 28.9. The first-order chi connectivity index (χ1) is 20.9. The average molecular weight is 679 g/mol. The molecule has 0 aliphatic rings. The Balaban J connectivity index is 5.29. The van der Waals surface area contributed by atoms with Gasteiger partial charge in [0, 0.05) is 38.9 Å². The fourth-order valence-corrected chi connectivity index (χ4v) is 11.1. The van der Waals surface area contributed by atoms with Crippen LogP contribution < -0.4 is 14.2 Å². The van der Waals surface area contributed by atoms with Gasteiger partial charge in [0.2, 0.25) is 30.1 Å². The van der Waals surface area contributed by atoms with Gasteiger partial charge in [-0.25, -0.2) is 39.4 Å². The third-order valence-electron chi connectivity index (χ3n) is 7.49. The zero-order valence-electron chi connectivity index (χ0n) is 26.5. The average Bonchev–Trinajstić information content (AvgIpc) is 2.97. The Kier molecular flexibility index (Phi) is 23.4. The van der Waals surface area contributed by atoms with Crippen molar-refractivity contribution in [2.24, 2.45) is 0 Å². The fraction of sp³-hybridized carbons (Fsp3) is 0.897. The summed E-state index contributed by atoms with van der Waals surface area (Å²) in [6.45, 7) is 0.426. The van der Waals surface area contributed by atoms with E-state index in [2.05, 4.69) is 32.4 Å². The molecule has 0 atom stereocenters. The molecule has 44 heavy (non-hydrogen) atoms. The van der Waals surface area contributed by atoms with E-state index < -0.39 is 33.5 Å². The lowest BCUT2D eigenvalue weighted by Crippen LogP contribution is -2.62. The predicted octanol–water partition coefficient (Wildman–Crippen LogP) is 5.18. The van der Waals surface area contributed by atoms with Gasteiger partial charge in [0.15, 0.2) is 0 Å². The molecule has 0 saturated heterocycles. The highest BCUT2D eigenvalue weighted by atomic mass is 32.3. The second-order valence-electron chi connectivity index (χ2n) is 11.1. The summed E-state index contributed by atoms with van der Waals surface area (Å²) in [5.74, 6) is 0. The minimum atomic E-state index is -4.90. The molecule has 0 aliphatic carbocycles. The summed E-state index contributed by atoms with van der Waals surface area (Å²) >= 11 is 0. The molecule has 0 aromatic heterocycles.